The average molecular weight is 319 g/mol. The lowest BCUT2D eigenvalue weighted by atomic mass is 9.83. The summed E-state index contributed by atoms with van der Waals surface area (Å²) in [6.07, 6.45) is 4.11. The highest BCUT2D eigenvalue weighted by molar-refractivity contribution is 7.89. The van der Waals surface area contributed by atoms with Crippen LogP contribution in [0.15, 0.2) is 23.1 Å². The van der Waals surface area contributed by atoms with E-state index >= 15 is 0 Å². The predicted octanol–water partition coefficient (Wildman–Crippen LogP) is 1.90. The first kappa shape index (κ1) is 15.6. The minimum atomic E-state index is -3.80. The van der Waals surface area contributed by atoms with Gasteiger partial charge in [-0.1, -0.05) is 30.9 Å². The third-order valence-electron chi connectivity index (χ3n) is 3.73. The standard InChI is InChI=1S/C13H19ClN2O3S/c14-10-4-5-11(15)12(8-10)20(18,19)16-13(9-17)6-2-1-3-7-13/h4-5,8,16-17H,1-3,6-7,9,15H2. The summed E-state index contributed by atoms with van der Waals surface area (Å²) in [6.45, 7) is -0.216. The number of nitrogens with one attached hydrogen (secondary N) is 1. The Kier molecular flexibility index (Phi) is 4.59. The number of anilines is 1. The number of hydrogen-bond donors (Lipinski definition) is 3. The second-order valence-corrected chi connectivity index (χ2v) is 7.37. The van der Waals surface area contributed by atoms with Gasteiger partial charge in [0.25, 0.3) is 0 Å². The highest BCUT2D eigenvalue weighted by atomic mass is 35.5. The summed E-state index contributed by atoms with van der Waals surface area (Å²) in [5.41, 5.74) is 5.08. The fourth-order valence-electron chi connectivity index (χ4n) is 2.60. The first-order valence-corrected chi connectivity index (χ1v) is 8.45. The van der Waals surface area contributed by atoms with Crippen molar-refractivity contribution in [1.29, 1.82) is 0 Å². The van der Waals surface area contributed by atoms with E-state index < -0.39 is 15.6 Å². The summed E-state index contributed by atoms with van der Waals surface area (Å²) in [6, 6.07) is 4.33. The molecule has 1 fully saturated rings. The fraction of sp³-hybridized carbons (Fsp3) is 0.538. The lowest BCUT2D eigenvalue weighted by Crippen LogP contribution is -2.52. The highest BCUT2D eigenvalue weighted by Crippen LogP contribution is 2.31. The minimum Gasteiger partial charge on any atom is -0.398 e. The monoisotopic (exact) mass is 318 g/mol. The van der Waals surface area contributed by atoms with E-state index in [1.165, 1.54) is 12.1 Å². The van der Waals surface area contributed by atoms with Crippen LogP contribution in [0.4, 0.5) is 5.69 Å². The predicted molar refractivity (Wildman–Crippen MR) is 79.1 cm³/mol. The van der Waals surface area contributed by atoms with Crippen molar-refractivity contribution in [3.63, 3.8) is 0 Å². The van der Waals surface area contributed by atoms with Gasteiger partial charge in [0.2, 0.25) is 10.0 Å². The molecule has 0 radical (unpaired) electrons. The number of nitrogen functional groups attached to an aromatic ring is 1. The molecule has 1 aliphatic rings. The molecule has 0 atom stereocenters. The third kappa shape index (κ3) is 3.25. The second-order valence-electron chi connectivity index (χ2n) is 5.29. The molecule has 0 amide bonds. The van der Waals surface area contributed by atoms with Gasteiger partial charge in [-0.05, 0) is 31.0 Å². The van der Waals surface area contributed by atoms with Gasteiger partial charge in [-0.3, -0.25) is 0 Å². The van der Waals surface area contributed by atoms with Crippen LogP contribution in [-0.2, 0) is 10.0 Å². The largest absolute Gasteiger partial charge is 0.398 e. The molecular weight excluding hydrogens is 300 g/mol. The van der Waals surface area contributed by atoms with Gasteiger partial charge >= 0.3 is 0 Å². The van der Waals surface area contributed by atoms with Crippen LogP contribution >= 0.6 is 11.6 Å². The van der Waals surface area contributed by atoms with E-state index in [4.69, 9.17) is 17.3 Å². The molecule has 1 aromatic carbocycles. The number of nitrogens with two attached hydrogens (primary N) is 1. The van der Waals surface area contributed by atoms with E-state index in [9.17, 15) is 13.5 Å². The summed E-state index contributed by atoms with van der Waals surface area (Å²) in [5.74, 6) is 0. The summed E-state index contributed by atoms with van der Waals surface area (Å²) in [5, 5.41) is 9.90. The van der Waals surface area contributed by atoms with E-state index in [2.05, 4.69) is 4.72 Å². The molecule has 7 heteroatoms. The zero-order chi connectivity index (χ0) is 14.8. The highest BCUT2D eigenvalue weighted by Gasteiger charge is 2.36. The quantitative estimate of drug-likeness (QED) is 0.739. The van der Waals surface area contributed by atoms with E-state index in [0.29, 0.717) is 17.9 Å². The Morgan fingerprint density at radius 3 is 2.55 bits per heavy atom. The number of aliphatic hydroxyl groups is 1. The molecule has 0 heterocycles. The number of rotatable bonds is 4. The maximum absolute atomic E-state index is 12.5. The van der Waals surface area contributed by atoms with Crippen molar-refractivity contribution in [2.75, 3.05) is 12.3 Å². The molecule has 0 aliphatic heterocycles. The van der Waals surface area contributed by atoms with Gasteiger partial charge in [0.05, 0.1) is 17.8 Å². The Hall–Kier alpha value is -0.820. The number of hydrogen-bond acceptors (Lipinski definition) is 4. The van der Waals surface area contributed by atoms with Crippen LogP contribution in [0.5, 0.6) is 0 Å². The summed E-state index contributed by atoms with van der Waals surface area (Å²) < 4.78 is 27.6. The molecule has 1 aliphatic carbocycles. The molecule has 5 nitrogen and oxygen atoms in total. The van der Waals surface area contributed by atoms with E-state index in [0.717, 1.165) is 19.3 Å². The zero-order valence-corrected chi connectivity index (χ0v) is 12.7. The maximum Gasteiger partial charge on any atom is 0.243 e. The maximum atomic E-state index is 12.5. The fourth-order valence-corrected chi connectivity index (χ4v) is 4.45. The van der Waals surface area contributed by atoms with Gasteiger partial charge in [-0.15, -0.1) is 0 Å². The van der Waals surface area contributed by atoms with E-state index in [1.807, 2.05) is 0 Å². The first-order valence-electron chi connectivity index (χ1n) is 6.58. The third-order valence-corrected chi connectivity index (χ3v) is 5.60. The van der Waals surface area contributed by atoms with Crippen LogP contribution in [0.2, 0.25) is 5.02 Å². The van der Waals surface area contributed by atoms with Gasteiger partial charge in [0.15, 0.2) is 0 Å². The Morgan fingerprint density at radius 1 is 1.30 bits per heavy atom. The molecule has 112 valence electrons. The molecule has 20 heavy (non-hydrogen) atoms. The van der Waals surface area contributed by atoms with Crippen molar-refractivity contribution in [1.82, 2.24) is 4.72 Å². The Morgan fingerprint density at radius 2 is 1.95 bits per heavy atom. The lowest BCUT2D eigenvalue weighted by molar-refractivity contribution is 0.142. The van der Waals surface area contributed by atoms with Crippen LogP contribution in [-0.4, -0.2) is 25.7 Å². The van der Waals surface area contributed by atoms with Crippen molar-refractivity contribution in [2.45, 2.75) is 42.5 Å². The summed E-state index contributed by atoms with van der Waals surface area (Å²) in [4.78, 5) is -0.0385. The molecule has 0 saturated heterocycles. The van der Waals surface area contributed by atoms with E-state index in [1.54, 1.807) is 6.07 Å². The number of sulfonamides is 1. The van der Waals surface area contributed by atoms with Crippen molar-refractivity contribution < 1.29 is 13.5 Å². The molecule has 0 spiro atoms. The number of benzene rings is 1. The normalized spacial score (nSPS) is 18.9. The molecule has 2 rings (SSSR count). The summed E-state index contributed by atoms with van der Waals surface area (Å²) >= 11 is 5.84. The lowest BCUT2D eigenvalue weighted by Gasteiger charge is -2.36. The molecule has 0 aromatic heterocycles. The Balaban J connectivity index is 2.32. The molecule has 4 N–H and O–H groups in total. The molecule has 0 bridgehead atoms. The Labute approximate surface area is 124 Å². The number of halogens is 1. The van der Waals surface area contributed by atoms with Crippen molar-refractivity contribution in [3.8, 4) is 0 Å². The topological polar surface area (TPSA) is 92.4 Å². The van der Waals surface area contributed by atoms with Crippen LogP contribution < -0.4 is 10.5 Å². The molecular formula is C13H19ClN2O3S. The Bertz CT molecular complexity index is 583. The van der Waals surface area contributed by atoms with Crippen molar-refractivity contribution >= 4 is 27.3 Å². The van der Waals surface area contributed by atoms with Gasteiger partial charge < -0.3 is 10.8 Å². The van der Waals surface area contributed by atoms with E-state index in [-0.39, 0.29) is 17.2 Å². The van der Waals surface area contributed by atoms with Crippen LogP contribution in [0.25, 0.3) is 0 Å². The van der Waals surface area contributed by atoms with Crippen molar-refractivity contribution in [3.05, 3.63) is 23.2 Å². The van der Waals surface area contributed by atoms with Gasteiger partial charge in [0, 0.05) is 5.02 Å². The van der Waals surface area contributed by atoms with Crippen LogP contribution in [0, 0.1) is 0 Å². The first-order chi connectivity index (χ1) is 9.38. The van der Waals surface area contributed by atoms with Gasteiger partial charge in [-0.2, -0.15) is 0 Å². The van der Waals surface area contributed by atoms with Gasteiger partial charge in [0.1, 0.15) is 4.90 Å². The minimum absolute atomic E-state index is 0.0385. The van der Waals surface area contributed by atoms with Crippen molar-refractivity contribution in [2.24, 2.45) is 0 Å². The van der Waals surface area contributed by atoms with Crippen LogP contribution in [0.1, 0.15) is 32.1 Å². The molecule has 1 aromatic rings. The summed E-state index contributed by atoms with van der Waals surface area (Å²) in [7, 11) is -3.80. The number of aliphatic hydroxyl groups excluding tert-OH is 1. The average Bonchev–Trinajstić information content (AvgIpc) is 2.42. The smallest absolute Gasteiger partial charge is 0.243 e. The zero-order valence-electron chi connectivity index (χ0n) is 11.1. The van der Waals surface area contributed by atoms with Gasteiger partial charge in [-0.25, -0.2) is 13.1 Å². The molecule has 0 unspecified atom stereocenters. The van der Waals surface area contributed by atoms with Crippen LogP contribution in [0.3, 0.4) is 0 Å². The molecule has 1 saturated carbocycles. The second kappa shape index (κ2) is 5.89. The SMILES string of the molecule is Nc1ccc(Cl)cc1S(=O)(=O)NC1(CO)CCCCC1.